The predicted octanol–water partition coefficient (Wildman–Crippen LogP) is 8.56. The lowest BCUT2D eigenvalue weighted by Gasteiger charge is -2.35. The third-order valence-electron chi connectivity index (χ3n) is 9.73. The number of aliphatic hydroxyl groups is 1. The van der Waals surface area contributed by atoms with E-state index in [0.717, 1.165) is 12.0 Å². The zero-order valence-corrected chi connectivity index (χ0v) is 30.7. The summed E-state index contributed by atoms with van der Waals surface area (Å²) in [6.45, 7) is 6.22. The zero-order chi connectivity index (χ0) is 38.4. The van der Waals surface area contributed by atoms with Gasteiger partial charge >= 0.3 is 0 Å². The van der Waals surface area contributed by atoms with Crippen LogP contribution in [0, 0.1) is 0 Å². The molecule has 0 fully saturated rings. The summed E-state index contributed by atoms with van der Waals surface area (Å²) < 4.78 is 44.5. The molecule has 0 saturated heterocycles. The normalized spacial score (nSPS) is 14.9. The minimum Gasteiger partial charge on any atom is -0.454 e. The average molecular weight is 767 g/mol. The van der Waals surface area contributed by atoms with Gasteiger partial charge in [-0.1, -0.05) is 86.5 Å². The second-order valence-corrected chi connectivity index (χ2v) is 15.5. The van der Waals surface area contributed by atoms with E-state index in [4.69, 9.17) is 14.3 Å². The predicted molar refractivity (Wildman–Crippen MR) is 203 cm³/mol. The Kier molecular flexibility index (Phi) is 9.93. The monoisotopic (exact) mass is 766 g/mol. The minimum atomic E-state index is -4.48. The van der Waals surface area contributed by atoms with E-state index < -0.39 is 22.1 Å². The first-order valence-corrected chi connectivity index (χ1v) is 19.0. The topological polar surface area (TPSA) is 181 Å². The molecule has 1 aliphatic heterocycles. The molecular formula is C40H34N2O10S2. The Morgan fingerprint density at radius 3 is 2.26 bits per heavy atom. The van der Waals surface area contributed by atoms with E-state index in [-0.39, 0.29) is 50.1 Å². The van der Waals surface area contributed by atoms with Crippen molar-refractivity contribution < 1.29 is 47.0 Å². The van der Waals surface area contributed by atoms with Crippen LogP contribution in [-0.2, 0) is 24.9 Å². The second-order valence-electron chi connectivity index (χ2n) is 13.3. The molecule has 1 atom stereocenters. The van der Waals surface area contributed by atoms with Crippen molar-refractivity contribution in [2.75, 3.05) is 10.6 Å². The molecule has 0 bridgehead atoms. The minimum absolute atomic E-state index is 0.0198. The van der Waals surface area contributed by atoms with Gasteiger partial charge in [-0.3, -0.25) is 14.1 Å². The maximum atomic E-state index is 14.5. The van der Waals surface area contributed by atoms with Gasteiger partial charge < -0.3 is 20.5 Å². The summed E-state index contributed by atoms with van der Waals surface area (Å²) in [6, 6.07) is 27.6. The largest absolute Gasteiger partial charge is 0.454 e. The van der Waals surface area contributed by atoms with Crippen LogP contribution < -0.4 is 15.4 Å². The Morgan fingerprint density at radius 2 is 1.59 bits per heavy atom. The van der Waals surface area contributed by atoms with Crippen molar-refractivity contribution in [2.24, 2.45) is 0 Å². The molecule has 1 heterocycles. The molecule has 12 nitrogen and oxygen atoms in total. The maximum Gasteiger partial charge on any atom is 0.294 e. The molecule has 0 spiro atoms. The Labute approximate surface area is 315 Å². The van der Waals surface area contributed by atoms with E-state index in [0.29, 0.717) is 50.5 Å². The molecule has 276 valence electrons. The van der Waals surface area contributed by atoms with Crippen LogP contribution >= 0.6 is 12.0 Å². The van der Waals surface area contributed by atoms with E-state index in [1.807, 2.05) is 12.1 Å². The number of ketones is 2. The number of carbonyl (C=O) groups excluding carboxylic acids is 2. The van der Waals surface area contributed by atoms with Crippen molar-refractivity contribution in [3.63, 3.8) is 0 Å². The number of carbonyl (C=O) groups is 2. The van der Waals surface area contributed by atoms with Gasteiger partial charge in [0.25, 0.3) is 10.1 Å². The number of ether oxygens (including phenoxy) is 1. The maximum absolute atomic E-state index is 14.5. The Balaban J connectivity index is 1.49. The van der Waals surface area contributed by atoms with Crippen molar-refractivity contribution in [1.82, 2.24) is 0 Å². The van der Waals surface area contributed by atoms with Gasteiger partial charge in [0.05, 0.1) is 44.3 Å². The first kappa shape index (κ1) is 37.0. The number of hydrogen-bond acceptors (Lipinski definition) is 12. The molecule has 5 N–H and O–H groups in total. The highest BCUT2D eigenvalue weighted by atomic mass is 32.2. The Morgan fingerprint density at radius 1 is 0.907 bits per heavy atom. The van der Waals surface area contributed by atoms with Crippen LogP contribution in [0.1, 0.15) is 70.2 Å². The summed E-state index contributed by atoms with van der Waals surface area (Å²) in [7, 11) is -4.48. The van der Waals surface area contributed by atoms with Crippen molar-refractivity contribution in [2.45, 2.75) is 48.6 Å². The van der Waals surface area contributed by atoms with Gasteiger partial charge in [0.2, 0.25) is 0 Å². The van der Waals surface area contributed by atoms with Gasteiger partial charge in [-0.25, -0.2) is 5.26 Å². The third kappa shape index (κ3) is 6.80. The number of aliphatic hydroxyl groups excluding tert-OH is 1. The smallest absolute Gasteiger partial charge is 0.294 e. The fraction of sp³-hybridized carbons (Fsp3) is 0.150. The molecule has 0 saturated carbocycles. The van der Waals surface area contributed by atoms with Gasteiger partial charge in [-0.15, -0.1) is 4.33 Å². The number of benzene rings is 5. The number of fused-ring (bicyclic) bond motifs is 2. The number of anilines is 3. The highest BCUT2D eigenvalue weighted by Gasteiger charge is 2.41. The lowest BCUT2D eigenvalue weighted by Crippen LogP contribution is -2.34. The van der Waals surface area contributed by atoms with Crippen molar-refractivity contribution in [1.29, 1.82) is 0 Å². The molecular weight excluding hydrogens is 733 g/mol. The van der Waals surface area contributed by atoms with Gasteiger partial charge in [0, 0.05) is 34.0 Å². The molecule has 0 amide bonds. The zero-order valence-electron chi connectivity index (χ0n) is 29.1. The fourth-order valence-electron chi connectivity index (χ4n) is 6.56. The van der Waals surface area contributed by atoms with Crippen LogP contribution in [0.25, 0.3) is 5.57 Å². The molecule has 7 rings (SSSR count). The lowest BCUT2D eigenvalue weighted by molar-refractivity contribution is -0.432. The Bertz CT molecular complexity index is 2450. The molecule has 5 aromatic carbocycles. The molecule has 1 unspecified atom stereocenters. The number of rotatable bonds is 12. The fourth-order valence-corrected chi connectivity index (χ4v) is 7.51. The number of hydrogen-bond donors (Lipinski definition) is 5. The lowest BCUT2D eigenvalue weighted by atomic mass is 9.74. The number of Topliss-reactive ketones (excluding diaryl/α,β-unsaturated/α-hetero) is 1. The van der Waals surface area contributed by atoms with Crippen LogP contribution in [0.15, 0.2) is 118 Å². The van der Waals surface area contributed by atoms with E-state index in [2.05, 4.69) is 36.4 Å². The summed E-state index contributed by atoms with van der Waals surface area (Å²) in [6.07, 6.45) is -0.712. The first-order chi connectivity index (χ1) is 25.8. The molecule has 54 heavy (non-hydrogen) atoms. The molecule has 0 radical (unpaired) electrons. The van der Waals surface area contributed by atoms with Crippen molar-refractivity contribution >= 4 is 56.4 Å². The summed E-state index contributed by atoms with van der Waals surface area (Å²) in [5, 5.41) is 31.0. The van der Waals surface area contributed by atoms with Crippen LogP contribution in [0.4, 0.5) is 17.1 Å². The summed E-state index contributed by atoms with van der Waals surface area (Å²) in [5.74, 6) is -0.436. The van der Waals surface area contributed by atoms with Crippen molar-refractivity contribution in [3.8, 4) is 11.5 Å². The van der Waals surface area contributed by atoms with Crippen LogP contribution in [0.2, 0.25) is 0 Å². The highest BCUT2D eigenvalue weighted by molar-refractivity contribution is 7.94. The highest BCUT2D eigenvalue weighted by Crippen LogP contribution is 2.53. The quantitative estimate of drug-likeness (QED) is 0.0263. The first-order valence-electron chi connectivity index (χ1n) is 16.8. The Hall–Kier alpha value is -5.32. The van der Waals surface area contributed by atoms with Crippen molar-refractivity contribution in [3.05, 3.63) is 142 Å². The van der Waals surface area contributed by atoms with Crippen LogP contribution in [0.3, 0.4) is 0 Å². The molecule has 5 aromatic rings. The molecule has 2 aliphatic rings. The summed E-state index contributed by atoms with van der Waals surface area (Å²) in [5.41, 5.74) is 3.42. The molecule has 0 aromatic heterocycles. The van der Waals surface area contributed by atoms with Crippen LogP contribution in [-0.4, -0.2) is 41.1 Å². The van der Waals surface area contributed by atoms with Gasteiger partial charge in [0.15, 0.2) is 23.5 Å². The number of nitrogens with one attached hydrogen (secondary N) is 2. The molecule has 1 aliphatic carbocycles. The van der Waals surface area contributed by atoms with E-state index in [1.165, 1.54) is 24.3 Å². The second kappa shape index (κ2) is 14.5. The summed E-state index contributed by atoms with van der Waals surface area (Å²) in [4.78, 5) is 28.9. The van der Waals surface area contributed by atoms with E-state index >= 15 is 0 Å². The van der Waals surface area contributed by atoms with Gasteiger partial charge in [-0.2, -0.15) is 8.42 Å². The SMILES string of the molecule is CCC(C)(C)c1ccc(Oc2cc(Nc3ccc(S(=O)(=O)O)cc3)c3c4c2NC(O)C(C(=O)c2ccccc2)=C4c2ccccc2C3=O)c(SOOO)c1. The molecule has 14 heteroatoms. The van der Waals surface area contributed by atoms with Crippen LogP contribution in [0.5, 0.6) is 11.5 Å². The van der Waals surface area contributed by atoms with Gasteiger partial charge in [-0.05, 0) is 59.4 Å². The summed E-state index contributed by atoms with van der Waals surface area (Å²) >= 11 is 0.707. The standard InChI is InChI=1S/C40H34N2O10S2/c1-4-40(2,3)23-14-19-29(31(20-23)53-52-51-46)50-30-21-28(41-24-15-17-25(18-16-24)54(47,48)49)33-34-32(26-12-8-9-13-27(26)38(33)44)35(39(45)42-36(30)34)37(43)22-10-6-5-7-11-22/h5-21,39,41-42,45-46H,4H2,1-3H3,(H,47,48,49). The van der Waals surface area contributed by atoms with E-state index in [9.17, 15) is 27.7 Å². The average Bonchev–Trinajstić information content (AvgIpc) is 3.16. The van der Waals surface area contributed by atoms with E-state index in [1.54, 1.807) is 66.7 Å². The van der Waals surface area contributed by atoms with Gasteiger partial charge in [0.1, 0.15) is 5.75 Å². The third-order valence-corrected chi connectivity index (χ3v) is 11.2.